The Hall–Kier alpha value is -1.51. The van der Waals surface area contributed by atoms with Crippen LogP contribution in [0.3, 0.4) is 0 Å². The van der Waals surface area contributed by atoms with Crippen LogP contribution >= 0.6 is 0 Å². The van der Waals surface area contributed by atoms with Gasteiger partial charge in [0.05, 0.1) is 0 Å². The monoisotopic (exact) mass is 196 g/mol. The smallest absolute Gasteiger partial charge is 0.290 e. The number of aryl methyl sites for hydroxylation is 2. The third kappa shape index (κ3) is 3.47. The number of phenols is 1. The summed E-state index contributed by atoms with van der Waals surface area (Å²) in [5.41, 5.74) is 3.38. The molecule has 0 amide bonds. The summed E-state index contributed by atoms with van der Waals surface area (Å²) >= 11 is 0. The molecule has 0 spiro atoms. The van der Waals surface area contributed by atoms with Crippen LogP contribution in [-0.4, -0.2) is 16.7 Å². The molecule has 1 rings (SSSR count). The second-order valence-corrected chi connectivity index (χ2v) is 3.03. The second-order valence-electron chi connectivity index (χ2n) is 3.03. The molecule has 14 heavy (non-hydrogen) atoms. The van der Waals surface area contributed by atoms with Gasteiger partial charge in [-0.15, -0.1) is 0 Å². The van der Waals surface area contributed by atoms with Gasteiger partial charge in [-0.1, -0.05) is 13.0 Å². The van der Waals surface area contributed by atoms with Gasteiger partial charge in [0.15, 0.2) is 0 Å². The molecule has 0 bridgehead atoms. The Morgan fingerprint density at radius 1 is 1.36 bits per heavy atom. The molecule has 78 valence electrons. The summed E-state index contributed by atoms with van der Waals surface area (Å²) in [7, 11) is 0. The van der Waals surface area contributed by atoms with Crippen molar-refractivity contribution in [3.05, 3.63) is 28.8 Å². The van der Waals surface area contributed by atoms with Gasteiger partial charge in [-0.25, -0.2) is 0 Å². The predicted octanol–water partition coefficient (Wildman–Crippen LogP) is 2.27. The molecule has 0 saturated carbocycles. The van der Waals surface area contributed by atoms with Gasteiger partial charge in [0.2, 0.25) is 0 Å². The first-order valence-electron chi connectivity index (χ1n) is 4.43. The lowest BCUT2D eigenvalue weighted by Crippen LogP contribution is -1.88. The van der Waals surface area contributed by atoms with E-state index in [0.29, 0.717) is 5.75 Å². The van der Waals surface area contributed by atoms with Crippen molar-refractivity contribution in [1.82, 2.24) is 0 Å². The Labute approximate surface area is 84.0 Å². The summed E-state index contributed by atoms with van der Waals surface area (Å²) < 4.78 is 0. The van der Waals surface area contributed by atoms with E-state index in [-0.39, 0.29) is 6.47 Å². The van der Waals surface area contributed by atoms with Crippen molar-refractivity contribution in [3.63, 3.8) is 0 Å². The van der Waals surface area contributed by atoms with E-state index in [9.17, 15) is 5.11 Å². The van der Waals surface area contributed by atoms with E-state index >= 15 is 0 Å². The van der Waals surface area contributed by atoms with Crippen molar-refractivity contribution in [2.45, 2.75) is 27.2 Å². The van der Waals surface area contributed by atoms with Crippen molar-refractivity contribution in [2.24, 2.45) is 0 Å². The lowest BCUT2D eigenvalue weighted by Gasteiger charge is -2.06. The molecule has 0 atom stereocenters. The zero-order valence-electron chi connectivity index (χ0n) is 8.74. The topological polar surface area (TPSA) is 57.5 Å². The van der Waals surface area contributed by atoms with E-state index in [2.05, 4.69) is 13.0 Å². The van der Waals surface area contributed by atoms with Gasteiger partial charge in [0.25, 0.3) is 6.47 Å². The van der Waals surface area contributed by atoms with E-state index in [1.807, 2.05) is 13.8 Å². The van der Waals surface area contributed by atoms with E-state index < -0.39 is 0 Å². The van der Waals surface area contributed by atoms with Gasteiger partial charge in [-0.3, -0.25) is 4.79 Å². The molecular formula is C11H16O3. The van der Waals surface area contributed by atoms with Crippen LogP contribution in [0.15, 0.2) is 12.1 Å². The summed E-state index contributed by atoms with van der Waals surface area (Å²) in [6, 6.07) is 3.92. The standard InChI is InChI=1S/C10H14O.CH2O2/c1-4-9-5-7(2)6-10(11)8(9)3;2-1-3/h5-6,11H,4H2,1-3H3;1H,(H,2,3). The van der Waals surface area contributed by atoms with Gasteiger partial charge in [-0.2, -0.15) is 0 Å². The number of hydrogen-bond donors (Lipinski definition) is 2. The molecule has 1 aromatic carbocycles. The van der Waals surface area contributed by atoms with Crippen molar-refractivity contribution in [3.8, 4) is 5.75 Å². The predicted molar refractivity (Wildman–Crippen MR) is 55.7 cm³/mol. The highest BCUT2D eigenvalue weighted by Crippen LogP contribution is 2.22. The van der Waals surface area contributed by atoms with Gasteiger partial charge >= 0.3 is 0 Å². The number of rotatable bonds is 1. The number of carbonyl (C=O) groups is 1. The largest absolute Gasteiger partial charge is 0.508 e. The number of aromatic hydroxyl groups is 1. The van der Waals surface area contributed by atoms with Crippen LogP contribution in [0, 0.1) is 13.8 Å². The molecule has 0 aliphatic carbocycles. The molecule has 0 fully saturated rings. The van der Waals surface area contributed by atoms with E-state index in [1.165, 1.54) is 5.56 Å². The minimum atomic E-state index is -0.250. The molecule has 0 saturated heterocycles. The average molecular weight is 196 g/mol. The Balaban J connectivity index is 0.000000500. The molecule has 0 unspecified atom stereocenters. The molecule has 2 N–H and O–H groups in total. The summed E-state index contributed by atoms with van der Waals surface area (Å²) in [6.45, 7) is 5.80. The average Bonchev–Trinajstić information content (AvgIpc) is 2.12. The molecule has 0 aromatic heterocycles. The fourth-order valence-corrected chi connectivity index (χ4v) is 1.28. The highest BCUT2D eigenvalue weighted by Gasteiger charge is 2.01. The molecule has 0 aliphatic rings. The first kappa shape index (κ1) is 12.5. The Bertz CT molecular complexity index is 306. The third-order valence-electron chi connectivity index (χ3n) is 2.01. The number of carboxylic acid groups (broad SMARTS) is 1. The van der Waals surface area contributed by atoms with Gasteiger partial charge in [0, 0.05) is 0 Å². The molecule has 3 nitrogen and oxygen atoms in total. The van der Waals surface area contributed by atoms with E-state index in [0.717, 1.165) is 17.5 Å². The van der Waals surface area contributed by atoms with Crippen LogP contribution in [0.5, 0.6) is 5.75 Å². The highest BCUT2D eigenvalue weighted by molar-refractivity contribution is 5.41. The molecule has 1 aromatic rings. The van der Waals surface area contributed by atoms with Crippen LogP contribution < -0.4 is 0 Å². The van der Waals surface area contributed by atoms with Crippen LogP contribution in [0.4, 0.5) is 0 Å². The molecule has 0 heterocycles. The maximum atomic E-state index is 9.41. The normalized spacial score (nSPS) is 8.79. The SMILES string of the molecule is CCc1cc(C)cc(O)c1C.O=CO. The Kier molecular flexibility index (Phi) is 5.37. The molecular weight excluding hydrogens is 180 g/mol. The summed E-state index contributed by atoms with van der Waals surface area (Å²) in [4.78, 5) is 8.36. The third-order valence-corrected chi connectivity index (χ3v) is 2.01. The van der Waals surface area contributed by atoms with Crippen LogP contribution in [0.1, 0.15) is 23.6 Å². The van der Waals surface area contributed by atoms with Crippen molar-refractivity contribution >= 4 is 6.47 Å². The Morgan fingerprint density at radius 3 is 2.29 bits per heavy atom. The zero-order valence-corrected chi connectivity index (χ0v) is 8.74. The van der Waals surface area contributed by atoms with E-state index in [1.54, 1.807) is 6.07 Å². The van der Waals surface area contributed by atoms with Crippen molar-refractivity contribution < 1.29 is 15.0 Å². The first-order valence-corrected chi connectivity index (χ1v) is 4.43. The van der Waals surface area contributed by atoms with Crippen LogP contribution in [0.25, 0.3) is 0 Å². The second kappa shape index (κ2) is 6.02. The highest BCUT2D eigenvalue weighted by atomic mass is 16.3. The zero-order chi connectivity index (χ0) is 11.1. The fourth-order valence-electron chi connectivity index (χ4n) is 1.28. The van der Waals surface area contributed by atoms with Gasteiger partial charge in [0.1, 0.15) is 5.75 Å². The minimum absolute atomic E-state index is 0.250. The van der Waals surface area contributed by atoms with Crippen LogP contribution in [-0.2, 0) is 11.2 Å². The number of benzene rings is 1. The maximum Gasteiger partial charge on any atom is 0.290 e. The lowest BCUT2D eigenvalue weighted by atomic mass is 10.0. The maximum absolute atomic E-state index is 9.41. The summed E-state index contributed by atoms with van der Waals surface area (Å²) in [6.07, 6.45) is 0.987. The molecule has 3 heteroatoms. The molecule has 0 aliphatic heterocycles. The molecule has 0 radical (unpaired) electrons. The van der Waals surface area contributed by atoms with E-state index in [4.69, 9.17) is 9.90 Å². The quantitative estimate of drug-likeness (QED) is 0.677. The van der Waals surface area contributed by atoms with Gasteiger partial charge < -0.3 is 10.2 Å². The minimum Gasteiger partial charge on any atom is -0.508 e. The summed E-state index contributed by atoms with van der Waals surface area (Å²) in [5, 5.41) is 16.3. The van der Waals surface area contributed by atoms with Gasteiger partial charge in [-0.05, 0) is 43.0 Å². The first-order chi connectivity index (χ1) is 6.56. The number of hydrogen-bond acceptors (Lipinski definition) is 2. The van der Waals surface area contributed by atoms with Crippen molar-refractivity contribution in [1.29, 1.82) is 0 Å². The van der Waals surface area contributed by atoms with Crippen LogP contribution in [0.2, 0.25) is 0 Å². The Morgan fingerprint density at radius 2 is 1.86 bits per heavy atom. The lowest BCUT2D eigenvalue weighted by molar-refractivity contribution is -0.122. The summed E-state index contributed by atoms with van der Waals surface area (Å²) in [5.74, 6) is 0.418. The fraction of sp³-hybridized carbons (Fsp3) is 0.364. The van der Waals surface area contributed by atoms with Crippen molar-refractivity contribution in [2.75, 3.05) is 0 Å². The number of phenolic OH excluding ortho intramolecular Hbond substituents is 1.